The molecule has 0 saturated heterocycles. The monoisotopic (exact) mass is 277 g/mol. The molecule has 0 bridgehead atoms. The summed E-state index contributed by atoms with van der Waals surface area (Å²) in [5, 5.41) is 18.0. The predicted molar refractivity (Wildman–Crippen MR) is 72.2 cm³/mol. The minimum Gasteiger partial charge on any atom is -0.383 e. The highest BCUT2D eigenvalue weighted by molar-refractivity contribution is 5.69. The van der Waals surface area contributed by atoms with E-state index in [2.05, 4.69) is 10.5 Å². The first-order chi connectivity index (χ1) is 9.72. The summed E-state index contributed by atoms with van der Waals surface area (Å²) in [5.74, 6) is 0.390. The molecule has 7 heteroatoms. The number of aromatic nitrogens is 1. The molecule has 0 aliphatic rings. The van der Waals surface area contributed by atoms with Crippen molar-refractivity contribution in [2.24, 2.45) is 0 Å². The van der Waals surface area contributed by atoms with E-state index in [-0.39, 0.29) is 5.69 Å². The van der Waals surface area contributed by atoms with Gasteiger partial charge in [-0.2, -0.15) is 0 Å². The molecule has 1 aromatic carbocycles. The van der Waals surface area contributed by atoms with Gasteiger partial charge in [-0.15, -0.1) is 0 Å². The molecule has 1 aromatic heterocycles. The van der Waals surface area contributed by atoms with E-state index in [1.807, 2.05) is 0 Å². The smallest absolute Gasteiger partial charge is 0.280 e. The number of methoxy groups -OCH3 is 1. The maximum absolute atomic E-state index is 11.0. The number of para-hydroxylation sites is 1. The number of nitrogens with one attached hydrogen (secondary N) is 1. The van der Waals surface area contributed by atoms with Gasteiger partial charge in [-0.1, -0.05) is 17.3 Å². The first-order valence-electron chi connectivity index (χ1n) is 6.11. The van der Waals surface area contributed by atoms with E-state index in [4.69, 9.17) is 9.26 Å². The van der Waals surface area contributed by atoms with Crippen LogP contribution in [0.15, 0.2) is 34.9 Å². The van der Waals surface area contributed by atoms with Gasteiger partial charge in [-0.3, -0.25) is 10.1 Å². The second-order valence-electron chi connectivity index (χ2n) is 4.13. The lowest BCUT2D eigenvalue weighted by Crippen LogP contribution is -2.18. The molecule has 7 nitrogen and oxygen atoms in total. The average Bonchev–Trinajstić information content (AvgIpc) is 2.92. The maximum Gasteiger partial charge on any atom is 0.280 e. The Kier molecular flexibility index (Phi) is 4.80. The third-order valence-corrected chi connectivity index (χ3v) is 2.71. The summed E-state index contributed by atoms with van der Waals surface area (Å²) in [6.07, 6.45) is 0. The highest BCUT2D eigenvalue weighted by Crippen LogP contribution is 2.29. The van der Waals surface area contributed by atoms with E-state index in [9.17, 15) is 10.1 Å². The fourth-order valence-corrected chi connectivity index (χ4v) is 1.75. The molecule has 0 fully saturated rings. The minimum absolute atomic E-state index is 0.00235. The van der Waals surface area contributed by atoms with Crippen molar-refractivity contribution in [1.29, 1.82) is 0 Å². The van der Waals surface area contributed by atoms with Gasteiger partial charge in [0, 0.05) is 32.3 Å². The summed E-state index contributed by atoms with van der Waals surface area (Å²) in [6, 6.07) is 8.11. The van der Waals surface area contributed by atoms with Gasteiger partial charge >= 0.3 is 0 Å². The normalized spacial score (nSPS) is 10.7. The van der Waals surface area contributed by atoms with Crippen LogP contribution in [0.3, 0.4) is 0 Å². The SMILES string of the molecule is COCCNCc1cc(-c2ccccc2[N+](=O)[O-])on1. The quantitative estimate of drug-likeness (QED) is 0.473. The van der Waals surface area contributed by atoms with Crippen molar-refractivity contribution >= 4 is 5.69 Å². The van der Waals surface area contributed by atoms with Crippen LogP contribution in [-0.2, 0) is 11.3 Å². The molecule has 0 amide bonds. The molecule has 0 aliphatic carbocycles. The summed E-state index contributed by atoms with van der Waals surface area (Å²) in [6.45, 7) is 1.83. The standard InChI is InChI=1S/C13H15N3O4/c1-19-7-6-14-9-10-8-13(20-15-10)11-4-2-3-5-12(11)16(17)18/h2-5,8,14H,6-7,9H2,1H3. The molecule has 0 aliphatic heterocycles. The Morgan fingerprint density at radius 2 is 2.25 bits per heavy atom. The van der Waals surface area contributed by atoms with E-state index in [1.54, 1.807) is 31.4 Å². The van der Waals surface area contributed by atoms with Gasteiger partial charge in [0.25, 0.3) is 5.69 Å². The van der Waals surface area contributed by atoms with Crippen molar-refractivity contribution < 1.29 is 14.2 Å². The van der Waals surface area contributed by atoms with Crippen molar-refractivity contribution in [2.75, 3.05) is 20.3 Å². The Morgan fingerprint density at radius 1 is 1.45 bits per heavy atom. The first-order valence-corrected chi connectivity index (χ1v) is 6.11. The molecule has 0 spiro atoms. The van der Waals surface area contributed by atoms with Crippen LogP contribution >= 0.6 is 0 Å². The van der Waals surface area contributed by atoms with Crippen LogP contribution in [0.2, 0.25) is 0 Å². The number of benzene rings is 1. The maximum atomic E-state index is 11.0. The zero-order valence-electron chi connectivity index (χ0n) is 11.0. The number of ether oxygens (including phenoxy) is 1. The second-order valence-corrected chi connectivity index (χ2v) is 4.13. The summed E-state index contributed by atoms with van der Waals surface area (Å²) in [7, 11) is 1.63. The third-order valence-electron chi connectivity index (χ3n) is 2.71. The molecular weight excluding hydrogens is 262 g/mol. The fourth-order valence-electron chi connectivity index (χ4n) is 1.75. The molecular formula is C13H15N3O4. The van der Waals surface area contributed by atoms with Crippen molar-refractivity contribution in [3.05, 3.63) is 46.1 Å². The van der Waals surface area contributed by atoms with Crippen LogP contribution in [-0.4, -0.2) is 30.3 Å². The topological polar surface area (TPSA) is 90.4 Å². The number of hydrogen-bond donors (Lipinski definition) is 1. The lowest BCUT2D eigenvalue weighted by atomic mass is 10.1. The zero-order valence-corrected chi connectivity index (χ0v) is 11.0. The number of nitrogens with zero attached hydrogens (tertiary/aromatic N) is 2. The summed E-state index contributed by atoms with van der Waals surface area (Å²) in [5.41, 5.74) is 1.12. The number of hydrogen-bond acceptors (Lipinski definition) is 6. The number of nitro groups is 1. The van der Waals surface area contributed by atoms with Crippen molar-refractivity contribution in [2.45, 2.75) is 6.54 Å². The van der Waals surface area contributed by atoms with Gasteiger partial charge in [-0.25, -0.2) is 0 Å². The highest BCUT2D eigenvalue weighted by Gasteiger charge is 2.17. The molecule has 0 unspecified atom stereocenters. The van der Waals surface area contributed by atoms with E-state index < -0.39 is 4.92 Å². The molecule has 2 rings (SSSR count). The Bertz CT molecular complexity index is 583. The summed E-state index contributed by atoms with van der Waals surface area (Å²) in [4.78, 5) is 10.5. The fraction of sp³-hybridized carbons (Fsp3) is 0.308. The zero-order chi connectivity index (χ0) is 14.4. The molecule has 1 heterocycles. The number of nitro benzene ring substituents is 1. The van der Waals surface area contributed by atoms with Gasteiger partial charge in [0.05, 0.1) is 22.8 Å². The van der Waals surface area contributed by atoms with Crippen LogP contribution in [0.25, 0.3) is 11.3 Å². The highest BCUT2D eigenvalue weighted by atomic mass is 16.6. The first kappa shape index (κ1) is 14.2. The van der Waals surface area contributed by atoms with Gasteiger partial charge in [0.15, 0.2) is 5.76 Å². The molecule has 20 heavy (non-hydrogen) atoms. The van der Waals surface area contributed by atoms with Gasteiger partial charge < -0.3 is 14.6 Å². The van der Waals surface area contributed by atoms with Crippen LogP contribution < -0.4 is 5.32 Å². The molecule has 0 atom stereocenters. The van der Waals surface area contributed by atoms with Crippen LogP contribution in [0.4, 0.5) is 5.69 Å². The Balaban J connectivity index is 2.11. The van der Waals surface area contributed by atoms with Crippen LogP contribution in [0, 0.1) is 10.1 Å². The molecule has 106 valence electrons. The van der Waals surface area contributed by atoms with E-state index >= 15 is 0 Å². The lowest BCUT2D eigenvalue weighted by Gasteiger charge is -1.99. The Hall–Kier alpha value is -2.25. The number of rotatable bonds is 7. The molecule has 0 saturated carbocycles. The predicted octanol–water partition coefficient (Wildman–Crippen LogP) is 1.99. The second kappa shape index (κ2) is 6.78. The van der Waals surface area contributed by atoms with E-state index in [1.165, 1.54) is 6.07 Å². The average molecular weight is 277 g/mol. The van der Waals surface area contributed by atoms with E-state index in [0.29, 0.717) is 36.7 Å². The minimum atomic E-state index is -0.436. The lowest BCUT2D eigenvalue weighted by molar-refractivity contribution is -0.384. The van der Waals surface area contributed by atoms with Crippen molar-refractivity contribution in [3.8, 4) is 11.3 Å². The van der Waals surface area contributed by atoms with Crippen molar-refractivity contribution in [1.82, 2.24) is 10.5 Å². The third kappa shape index (κ3) is 3.40. The Morgan fingerprint density at radius 3 is 3.00 bits per heavy atom. The van der Waals surface area contributed by atoms with Crippen LogP contribution in [0.5, 0.6) is 0 Å². The van der Waals surface area contributed by atoms with Gasteiger partial charge in [0.2, 0.25) is 0 Å². The largest absolute Gasteiger partial charge is 0.383 e. The van der Waals surface area contributed by atoms with Crippen LogP contribution in [0.1, 0.15) is 5.69 Å². The molecule has 0 radical (unpaired) electrons. The summed E-state index contributed by atoms with van der Waals surface area (Å²) >= 11 is 0. The van der Waals surface area contributed by atoms with Gasteiger partial charge in [-0.05, 0) is 6.07 Å². The summed E-state index contributed by atoms with van der Waals surface area (Å²) < 4.78 is 10.1. The van der Waals surface area contributed by atoms with E-state index in [0.717, 1.165) is 0 Å². The Labute approximate surface area is 115 Å². The molecule has 2 aromatic rings. The van der Waals surface area contributed by atoms with Gasteiger partial charge in [0.1, 0.15) is 0 Å². The van der Waals surface area contributed by atoms with Crippen molar-refractivity contribution in [3.63, 3.8) is 0 Å². The molecule has 1 N–H and O–H groups in total.